The maximum atomic E-state index is 4.72. The van der Waals surface area contributed by atoms with Crippen LogP contribution in [0.2, 0.25) is 0 Å². The second-order valence-electron chi connectivity index (χ2n) is 5.23. The zero-order valence-electron chi connectivity index (χ0n) is 12.6. The highest BCUT2D eigenvalue weighted by molar-refractivity contribution is 7.11. The fourth-order valence-corrected chi connectivity index (χ4v) is 3.70. The van der Waals surface area contributed by atoms with Crippen LogP contribution in [-0.2, 0) is 0 Å². The first-order chi connectivity index (χ1) is 8.93. The number of nitrogens with zero attached hydrogens (tertiary/aromatic N) is 1. The molecule has 0 aliphatic heterocycles. The molecule has 0 spiro atoms. The average molecular weight is 274 g/mol. The summed E-state index contributed by atoms with van der Waals surface area (Å²) in [4.78, 5) is 6.02. The van der Waals surface area contributed by atoms with Gasteiger partial charge in [0.15, 0.2) is 0 Å². The highest BCUT2D eigenvalue weighted by atomic mass is 32.1. The number of thiazole rings is 1. The van der Waals surface area contributed by atoms with Crippen molar-refractivity contribution in [2.45, 2.75) is 40.7 Å². The number of hydrogen-bond acceptors (Lipinski definition) is 3. The van der Waals surface area contributed by atoms with E-state index < -0.39 is 0 Å². The molecule has 0 radical (unpaired) electrons. The number of nitrogens with one attached hydrogen (secondary N) is 1. The Hall–Kier alpha value is -1.19. The standard InChI is InChI=1S/C16H22N2S/c1-9-7-10(2)14(11(3)8-9)15(17-6)16-18-12(4)13(5)19-16/h7-8,15,17H,1-6H3. The summed E-state index contributed by atoms with van der Waals surface area (Å²) in [5, 5.41) is 4.58. The predicted molar refractivity (Wildman–Crippen MR) is 83.1 cm³/mol. The van der Waals surface area contributed by atoms with Gasteiger partial charge in [0.05, 0.1) is 11.7 Å². The van der Waals surface area contributed by atoms with Gasteiger partial charge >= 0.3 is 0 Å². The second kappa shape index (κ2) is 5.43. The lowest BCUT2D eigenvalue weighted by Crippen LogP contribution is -2.19. The van der Waals surface area contributed by atoms with E-state index in [0.717, 1.165) is 10.7 Å². The second-order valence-corrected chi connectivity index (χ2v) is 6.46. The normalized spacial score (nSPS) is 12.7. The van der Waals surface area contributed by atoms with Crippen LogP contribution >= 0.6 is 11.3 Å². The molecule has 2 aromatic rings. The molecule has 0 saturated heterocycles. The van der Waals surface area contributed by atoms with E-state index in [1.807, 2.05) is 7.05 Å². The van der Waals surface area contributed by atoms with Crippen LogP contribution in [0.5, 0.6) is 0 Å². The molecule has 19 heavy (non-hydrogen) atoms. The van der Waals surface area contributed by atoms with Gasteiger partial charge in [-0.15, -0.1) is 11.3 Å². The minimum absolute atomic E-state index is 0.193. The Kier molecular flexibility index (Phi) is 4.07. The fourth-order valence-electron chi connectivity index (χ4n) is 2.66. The van der Waals surface area contributed by atoms with Gasteiger partial charge in [-0.2, -0.15) is 0 Å². The molecule has 2 nitrogen and oxygen atoms in total. The number of aryl methyl sites for hydroxylation is 5. The van der Waals surface area contributed by atoms with E-state index in [0.29, 0.717) is 0 Å². The molecule has 1 heterocycles. The van der Waals surface area contributed by atoms with Crippen LogP contribution < -0.4 is 5.32 Å². The Morgan fingerprint density at radius 1 is 1.05 bits per heavy atom. The quantitative estimate of drug-likeness (QED) is 0.915. The fraction of sp³-hybridized carbons (Fsp3) is 0.438. The zero-order chi connectivity index (χ0) is 14.2. The Labute approximate surface area is 119 Å². The minimum atomic E-state index is 0.193. The number of rotatable bonds is 3. The van der Waals surface area contributed by atoms with Crippen molar-refractivity contribution in [2.24, 2.45) is 0 Å². The summed E-state index contributed by atoms with van der Waals surface area (Å²) in [7, 11) is 2.01. The summed E-state index contributed by atoms with van der Waals surface area (Å²) in [6, 6.07) is 4.69. The lowest BCUT2D eigenvalue weighted by atomic mass is 9.94. The highest BCUT2D eigenvalue weighted by Gasteiger charge is 2.20. The van der Waals surface area contributed by atoms with Gasteiger partial charge in [0.25, 0.3) is 0 Å². The number of aromatic nitrogens is 1. The van der Waals surface area contributed by atoms with Gasteiger partial charge in [0.1, 0.15) is 5.01 Å². The van der Waals surface area contributed by atoms with Crippen LogP contribution in [0.3, 0.4) is 0 Å². The molecule has 2 rings (SSSR count). The third kappa shape index (κ3) is 2.72. The zero-order valence-corrected chi connectivity index (χ0v) is 13.4. The van der Waals surface area contributed by atoms with Gasteiger partial charge in [-0.3, -0.25) is 0 Å². The van der Waals surface area contributed by atoms with Crippen molar-refractivity contribution < 1.29 is 0 Å². The molecule has 0 aliphatic rings. The van der Waals surface area contributed by atoms with Crippen molar-refractivity contribution in [1.82, 2.24) is 10.3 Å². The SMILES string of the molecule is CNC(c1nc(C)c(C)s1)c1c(C)cc(C)cc1C. The lowest BCUT2D eigenvalue weighted by molar-refractivity contribution is 0.676. The Balaban J connectivity index is 2.54. The molecule has 0 saturated carbocycles. The molecule has 1 unspecified atom stereocenters. The summed E-state index contributed by atoms with van der Waals surface area (Å²) in [5.74, 6) is 0. The van der Waals surface area contributed by atoms with Crippen LogP contribution in [0.15, 0.2) is 12.1 Å². The van der Waals surface area contributed by atoms with Crippen molar-refractivity contribution >= 4 is 11.3 Å². The van der Waals surface area contributed by atoms with Crippen molar-refractivity contribution in [2.75, 3.05) is 7.05 Å². The first-order valence-corrected chi connectivity index (χ1v) is 7.44. The molecule has 102 valence electrons. The molecule has 1 aromatic carbocycles. The van der Waals surface area contributed by atoms with E-state index in [1.165, 1.54) is 27.1 Å². The van der Waals surface area contributed by atoms with Crippen molar-refractivity contribution in [3.63, 3.8) is 0 Å². The molecule has 0 aliphatic carbocycles. The predicted octanol–water partition coefficient (Wildman–Crippen LogP) is 3.99. The molecule has 0 bridgehead atoms. The molecule has 1 N–H and O–H groups in total. The Bertz CT molecular complexity index is 556. The van der Waals surface area contributed by atoms with E-state index in [2.05, 4.69) is 52.1 Å². The monoisotopic (exact) mass is 274 g/mol. The van der Waals surface area contributed by atoms with Gasteiger partial charge in [-0.25, -0.2) is 4.98 Å². The number of benzene rings is 1. The van der Waals surface area contributed by atoms with Crippen molar-refractivity contribution in [1.29, 1.82) is 0 Å². The first kappa shape index (κ1) is 14.2. The molecule has 0 fully saturated rings. The largest absolute Gasteiger partial charge is 0.307 e. The molecule has 3 heteroatoms. The summed E-state index contributed by atoms with van der Waals surface area (Å²) < 4.78 is 0. The van der Waals surface area contributed by atoms with Crippen molar-refractivity contribution in [3.8, 4) is 0 Å². The summed E-state index contributed by atoms with van der Waals surface area (Å²) >= 11 is 1.79. The van der Waals surface area contributed by atoms with Gasteiger partial charge in [-0.1, -0.05) is 17.7 Å². The maximum Gasteiger partial charge on any atom is 0.115 e. The van der Waals surface area contributed by atoms with Crippen LogP contribution in [0.25, 0.3) is 0 Å². The summed E-state index contributed by atoms with van der Waals surface area (Å²) in [5.41, 5.74) is 6.49. The van der Waals surface area contributed by atoms with E-state index in [9.17, 15) is 0 Å². The number of hydrogen-bond donors (Lipinski definition) is 1. The first-order valence-electron chi connectivity index (χ1n) is 6.63. The van der Waals surface area contributed by atoms with E-state index in [4.69, 9.17) is 4.98 Å². The van der Waals surface area contributed by atoms with Crippen LogP contribution in [0, 0.1) is 34.6 Å². The Morgan fingerprint density at radius 2 is 1.63 bits per heavy atom. The molecule has 0 amide bonds. The summed E-state index contributed by atoms with van der Waals surface area (Å²) in [6.07, 6.45) is 0. The van der Waals surface area contributed by atoms with Gasteiger partial charge in [0.2, 0.25) is 0 Å². The highest BCUT2D eigenvalue weighted by Crippen LogP contribution is 2.32. The third-order valence-electron chi connectivity index (χ3n) is 3.61. The van der Waals surface area contributed by atoms with Crippen LogP contribution in [0.1, 0.15) is 43.9 Å². The van der Waals surface area contributed by atoms with E-state index in [-0.39, 0.29) is 6.04 Å². The van der Waals surface area contributed by atoms with Gasteiger partial charge < -0.3 is 5.32 Å². The third-order valence-corrected chi connectivity index (χ3v) is 4.75. The average Bonchev–Trinajstić information content (AvgIpc) is 2.63. The van der Waals surface area contributed by atoms with Crippen molar-refractivity contribution in [3.05, 3.63) is 50.0 Å². The summed E-state index contributed by atoms with van der Waals surface area (Å²) in [6.45, 7) is 10.7. The van der Waals surface area contributed by atoms with E-state index >= 15 is 0 Å². The Morgan fingerprint density at radius 3 is 2.05 bits per heavy atom. The van der Waals surface area contributed by atoms with Gasteiger partial charge in [0, 0.05) is 4.88 Å². The maximum absolute atomic E-state index is 4.72. The molecular formula is C16H22N2S. The van der Waals surface area contributed by atoms with Crippen LogP contribution in [-0.4, -0.2) is 12.0 Å². The molecule has 1 atom stereocenters. The van der Waals surface area contributed by atoms with E-state index in [1.54, 1.807) is 11.3 Å². The minimum Gasteiger partial charge on any atom is -0.307 e. The molecule has 1 aromatic heterocycles. The van der Waals surface area contributed by atoms with Crippen LogP contribution in [0.4, 0.5) is 0 Å². The molecular weight excluding hydrogens is 252 g/mol. The van der Waals surface area contributed by atoms with Gasteiger partial charge in [-0.05, 0) is 58.4 Å². The smallest absolute Gasteiger partial charge is 0.115 e. The topological polar surface area (TPSA) is 24.9 Å². The lowest BCUT2D eigenvalue weighted by Gasteiger charge is -2.20.